The summed E-state index contributed by atoms with van der Waals surface area (Å²) in [6.45, 7) is 5.37. The van der Waals surface area contributed by atoms with Crippen LogP contribution in [0.1, 0.15) is 24.2 Å². The van der Waals surface area contributed by atoms with Crippen LogP contribution in [0, 0.1) is 12.3 Å². The van der Waals surface area contributed by atoms with E-state index in [0.29, 0.717) is 6.61 Å². The van der Waals surface area contributed by atoms with Gasteiger partial charge in [0, 0.05) is 30.7 Å². The molecule has 4 nitrogen and oxygen atoms in total. The summed E-state index contributed by atoms with van der Waals surface area (Å²) in [7, 11) is 2.08. The quantitative estimate of drug-likeness (QED) is 0.869. The fraction of sp³-hybridized carbons (Fsp3) is 0.714. The van der Waals surface area contributed by atoms with Gasteiger partial charge in [0.15, 0.2) is 0 Å². The minimum atomic E-state index is -0.0926. The molecular formula is C14H23NO3. The second-order valence-corrected chi connectivity index (χ2v) is 5.49. The van der Waals surface area contributed by atoms with Crippen LogP contribution in [0.25, 0.3) is 0 Å². The van der Waals surface area contributed by atoms with E-state index in [1.165, 1.54) is 5.56 Å². The van der Waals surface area contributed by atoms with Gasteiger partial charge < -0.3 is 19.2 Å². The molecule has 0 radical (unpaired) electrons. The van der Waals surface area contributed by atoms with E-state index in [4.69, 9.17) is 9.15 Å². The fourth-order valence-corrected chi connectivity index (χ4v) is 2.70. The van der Waals surface area contributed by atoms with Gasteiger partial charge in [0.05, 0.1) is 19.5 Å². The Kier molecular flexibility index (Phi) is 4.43. The third-order valence-electron chi connectivity index (χ3n) is 3.75. The van der Waals surface area contributed by atoms with Crippen molar-refractivity contribution in [3.8, 4) is 0 Å². The highest BCUT2D eigenvalue weighted by atomic mass is 16.5. The summed E-state index contributed by atoms with van der Waals surface area (Å²) in [6.07, 6.45) is 3.81. The maximum absolute atomic E-state index is 9.65. The number of hydrogen-bond donors (Lipinski definition) is 1. The molecular weight excluding hydrogens is 230 g/mol. The Labute approximate surface area is 109 Å². The van der Waals surface area contributed by atoms with Crippen LogP contribution in [0.2, 0.25) is 0 Å². The second kappa shape index (κ2) is 5.87. The lowest BCUT2D eigenvalue weighted by atomic mass is 9.83. The summed E-state index contributed by atoms with van der Waals surface area (Å²) in [5.74, 6) is 0.972. The molecule has 102 valence electrons. The minimum Gasteiger partial charge on any atom is -0.469 e. The van der Waals surface area contributed by atoms with Gasteiger partial charge in [-0.25, -0.2) is 0 Å². The van der Waals surface area contributed by atoms with E-state index < -0.39 is 0 Å². The molecule has 1 saturated heterocycles. The van der Waals surface area contributed by atoms with Crippen molar-refractivity contribution < 1.29 is 14.3 Å². The first-order chi connectivity index (χ1) is 8.65. The van der Waals surface area contributed by atoms with Crippen molar-refractivity contribution in [1.29, 1.82) is 0 Å². The van der Waals surface area contributed by atoms with Gasteiger partial charge in [-0.2, -0.15) is 0 Å². The molecule has 1 N–H and O–H groups in total. The third-order valence-corrected chi connectivity index (χ3v) is 3.75. The number of ether oxygens (including phenoxy) is 1. The van der Waals surface area contributed by atoms with E-state index >= 15 is 0 Å². The number of aryl methyl sites for hydroxylation is 1. The normalized spacial score (nSPS) is 24.7. The Balaban J connectivity index is 1.93. The average Bonchev–Trinajstić information content (AvgIpc) is 2.76. The number of aliphatic hydroxyl groups is 1. The van der Waals surface area contributed by atoms with Gasteiger partial charge >= 0.3 is 0 Å². The molecule has 1 aliphatic heterocycles. The van der Waals surface area contributed by atoms with E-state index in [2.05, 4.69) is 11.9 Å². The maximum atomic E-state index is 9.65. The standard InChI is InChI=1S/C14H23NO3/c1-12-13(4-7-18-12)8-15(2)9-14(10-16)5-3-6-17-11-14/h4,7,16H,3,5-6,8-11H2,1-2H3. The van der Waals surface area contributed by atoms with Crippen molar-refractivity contribution in [1.82, 2.24) is 4.90 Å². The van der Waals surface area contributed by atoms with Crippen LogP contribution in [-0.4, -0.2) is 43.4 Å². The van der Waals surface area contributed by atoms with Crippen molar-refractivity contribution in [2.24, 2.45) is 5.41 Å². The highest BCUT2D eigenvalue weighted by molar-refractivity contribution is 5.15. The molecule has 0 amide bonds. The summed E-state index contributed by atoms with van der Waals surface area (Å²) in [5, 5.41) is 9.65. The van der Waals surface area contributed by atoms with Crippen molar-refractivity contribution in [2.75, 3.05) is 33.4 Å². The van der Waals surface area contributed by atoms with Gasteiger partial charge in [0.25, 0.3) is 0 Å². The molecule has 18 heavy (non-hydrogen) atoms. The largest absolute Gasteiger partial charge is 0.469 e. The Morgan fingerprint density at radius 2 is 2.33 bits per heavy atom. The first kappa shape index (κ1) is 13.6. The smallest absolute Gasteiger partial charge is 0.105 e. The first-order valence-corrected chi connectivity index (χ1v) is 6.55. The summed E-state index contributed by atoms with van der Waals surface area (Å²) in [4.78, 5) is 2.24. The molecule has 1 atom stereocenters. The van der Waals surface area contributed by atoms with Gasteiger partial charge in [-0.3, -0.25) is 0 Å². The molecule has 2 rings (SSSR count). The Bertz CT molecular complexity index is 369. The molecule has 1 aromatic heterocycles. The first-order valence-electron chi connectivity index (χ1n) is 6.55. The van der Waals surface area contributed by atoms with Crippen molar-refractivity contribution in [3.05, 3.63) is 23.7 Å². The Morgan fingerprint density at radius 3 is 2.89 bits per heavy atom. The van der Waals surface area contributed by atoms with E-state index in [9.17, 15) is 5.11 Å². The average molecular weight is 253 g/mol. The molecule has 2 heterocycles. The van der Waals surface area contributed by atoms with E-state index in [-0.39, 0.29) is 12.0 Å². The molecule has 1 unspecified atom stereocenters. The molecule has 0 aliphatic carbocycles. The number of furan rings is 1. The zero-order chi connectivity index (χ0) is 13.0. The zero-order valence-electron chi connectivity index (χ0n) is 11.3. The summed E-state index contributed by atoms with van der Waals surface area (Å²) >= 11 is 0. The van der Waals surface area contributed by atoms with Gasteiger partial charge in [0.1, 0.15) is 5.76 Å². The summed E-state index contributed by atoms with van der Waals surface area (Å²) in [5.41, 5.74) is 1.12. The van der Waals surface area contributed by atoms with Crippen molar-refractivity contribution >= 4 is 0 Å². The summed E-state index contributed by atoms with van der Waals surface area (Å²) < 4.78 is 10.8. The van der Waals surface area contributed by atoms with Crippen LogP contribution in [0.3, 0.4) is 0 Å². The zero-order valence-corrected chi connectivity index (χ0v) is 11.3. The Hall–Kier alpha value is -0.840. The van der Waals surface area contributed by atoms with Gasteiger partial charge in [0.2, 0.25) is 0 Å². The number of nitrogens with zero attached hydrogens (tertiary/aromatic N) is 1. The highest BCUT2D eigenvalue weighted by Crippen LogP contribution is 2.29. The molecule has 1 aliphatic rings. The minimum absolute atomic E-state index is 0.0926. The number of rotatable bonds is 5. The Morgan fingerprint density at radius 1 is 1.50 bits per heavy atom. The lowest BCUT2D eigenvalue weighted by Crippen LogP contribution is -2.44. The van der Waals surface area contributed by atoms with Crippen LogP contribution < -0.4 is 0 Å². The van der Waals surface area contributed by atoms with Crippen LogP contribution in [0.15, 0.2) is 16.7 Å². The summed E-state index contributed by atoms with van der Waals surface area (Å²) in [6, 6.07) is 2.01. The molecule has 0 aromatic carbocycles. The van der Waals surface area contributed by atoms with E-state index in [1.807, 2.05) is 13.0 Å². The second-order valence-electron chi connectivity index (χ2n) is 5.49. The molecule has 1 fully saturated rings. The van der Waals surface area contributed by atoms with Crippen LogP contribution >= 0.6 is 0 Å². The molecule has 0 spiro atoms. The van der Waals surface area contributed by atoms with E-state index in [1.54, 1.807) is 6.26 Å². The predicted octanol–water partition coefficient (Wildman–Crippen LogP) is 1.81. The molecule has 0 saturated carbocycles. The lowest BCUT2D eigenvalue weighted by Gasteiger charge is -2.38. The van der Waals surface area contributed by atoms with Crippen molar-refractivity contribution in [2.45, 2.75) is 26.3 Å². The van der Waals surface area contributed by atoms with E-state index in [0.717, 1.165) is 38.3 Å². The lowest BCUT2D eigenvalue weighted by molar-refractivity contribution is -0.0531. The van der Waals surface area contributed by atoms with Crippen LogP contribution in [-0.2, 0) is 11.3 Å². The highest BCUT2D eigenvalue weighted by Gasteiger charge is 2.33. The van der Waals surface area contributed by atoms with Gasteiger partial charge in [-0.05, 0) is 32.9 Å². The predicted molar refractivity (Wildman–Crippen MR) is 69.4 cm³/mol. The van der Waals surface area contributed by atoms with Crippen LogP contribution in [0.5, 0.6) is 0 Å². The SMILES string of the molecule is Cc1occc1CN(C)CC1(CO)CCCOC1. The van der Waals surface area contributed by atoms with Crippen LogP contribution in [0.4, 0.5) is 0 Å². The van der Waals surface area contributed by atoms with Crippen molar-refractivity contribution in [3.63, 3.8) is 0 Å². The number of aliphatic hydroxyl groups excluding tert-OH is 1. The molecule has 1 aromatic rings. The monoisotopic (exact) mass is 253 g/mol. The fourth-order valence-electron chi connectivity index (χ4n) is 2.70. The molecule has 0 bridgehead atoms. The third kappa shape index (κ3) is 3.13. The van der Waals surface area contributed by atoms with Gasteiger partial charge in [-0.1, -0.05) is 0 Å². The number of hydrogen-bond acceptors (Lipinski definition) is 4. The van der Waals surface area contributed by atoms with Gasteiger partial charge in [-0.15, -0.1) is 0 Å². The molecule has 4 heteroatoms. The topological polar surface area (TPSA) is 45.8 Å². The maximum Gasteiger partial charge on any atom is 0.105 e.